The van der Waals surface area contributed by atoms with E-state index in [1.165, 1.54) is 6.20 Å². The SMILES string of the molecule is Cc1nc(S(=O)(=O)NOCC(N)=O)cn1C. The zero-order valence-electron chi connectivity index (χ0n) is 8.80. The third-order valence-corrected chi connectivity index (χ3v) is 2.83. The summed E-state index contributed by atoms with van der Waals surface area (Å²) in [6, 6.07) is 0. The quantitative estimate of drug-likeness (QED) is 0.610. The molecule has 0 fully saturated rings. The molecule has 8 nitrogen and oxygen atoms in total. The predicted octanol–water partition coefficient (Wildman–Crippen LogP) is -1.58. The van der Waals surface area contributed by atoms with Crippen LogP contribution >= 0.6 is 0 Å². The van der Waals surface area contributed by atoms with Crippen molar-refractivity contribution in [3.05, 3.63) is 12.0 Å². The molecule has 0 aliphatic carbocycles. The van der Waals surface area contributed by atoms with Gasteiger partial charge in [-0.3, -0.25) is 9.63 Å². The monoisotopic (exact) mass is 248 g/mol. The molecule has 16 heavy (non-hydrogen) atoms. The van der Waals surface area contributed by atoms with Gasteiger partial charge in [0.05, 0.1) is 0 Å². The summed E-state index contributed by atoms with van der Waals surface area (Å²) in [5, 5.41) is -0.183. The molecule has 0 spiro atoms. The molecule has 1 rings (SSSR count). The number of rotatable bonds is 5. The van der Waals surface area contributed by atoms with Gasteiger partial charge in [0.25, 0.3) is 10.0 Å². The highest BCUT2D eigenvalue weighted by Crippen LogP contribution is 2.06. The Bertz CT molecular complexity index is 473. The van der Waals surface area contributed by atoms with Crippen molar-refractivity contribution in [2.75, 3.05) is 6.61 Å². The second-order valence-electron chi connectivity index (χ2n) is 3.08. The second-order valence-corrected chi connectivity index (χ2v) is 4.67. The van der Waals surface area contributed by atoms with E-state index in [2.05, 4.69) is 9.82 Å². The van der Waals surface area contributed by atoms with Crippen molar-refractivity contribution >= 4 is 15.9 Å². The van der Waals surface area contributed by atoms with Crippen molar-refractivity contribution in [1.82, 2.24) is 14.4 Å². The van der Waals surface area contributed by atoms with Crippen molar-refractivity contribution in [3.8, 4) is 0 Å². The molecule has 90 valence electrons. The number of carbonyl (C=O) groups is 1. The summed E-state index contributed by atoms with van der Waals surface area (Å²) < 4.78 is 24.6. The summed E-state index contributed by atoms with van der Waals surface area (Å²) >= 11 is 0. The van der Waals surface area contributed by atoms with Gasteiger partial charge in [-0.1, -0.05) is 4.89 Å². The zero-order valence-corrected chi connectivity index (χ0v) is 9.61. The molecule has 0 bridgehead atoms. The molecule has 1 aromatic heterocycles. The molecule has 0 aromatic carbocycles. The number of carbonyl (C=O) groups excluding carboxylic acids is 1. The van der Waals surface area contributed by atoms with Crippen LogP contribution in [0, 0.1) is 6.92 Å². The molecule has 0 unspecified atom stereocenters. The molecular formula is C7H12N4O4S. The Morgan fingerprint density at radius 1 is 1.69 bits per heavy atom. The number of nitrogens with one attached hydrogen (secondary N) is 1. The summed E-state index contributed by atoms with van der Waals surface area (Å²) in [6.07, 6.45) is 1.32. The highest BCUT2D eigenvalue weighted by Gasteiger charge is 2.18. The molecule has 1 heterocycles. The lowest BCUT2D eigenvalue weighted by Crippen LogP contribution is -2.29. The molecule has 0 saturated carbocycles. The van der Waals surface area contributed by atoms with Crippen LogP contribution in [0.4, 0.5) is 0 Å². The van der Waals surface area contributed by atoms with Gasteiger partial charge in [-0.25, -0.2) is 13.4 Å². The normalized spacial score (nSPS) is 11.6. The minimum Gasteiger partial charge on any atom is -0.368 e. The van der Waals surface area contributed by atoms with E-state index in [9.17, 15) is 13.2 Å². The lowest BCUT2D eigenvalue weighted by atomic mass is 10.7. The van der Waals surface area contributed by atoms with Gasteiger partial charge in [-0.2, -0.15) is 0 Å². The van der Waals surface area contributed by atoms with Crippen LogP contribution in [-0.2, 0) is 26.7 Å². The Hall–Kier alpha value is -1.45. The number of aryl methyl sites for hydroxylation is 2. The average molecular weight is 248 g/mol. The molecule has 0 saturated heterocycles. The molecular weight excluding hydrogens is 236 g/mol. The molecule has 1 aromatic rings. The van der Waals surface area contributed by atoms with Crippen molar-refractivity contribution in [2.45, 2.75) is 11.9 Å². The average Bonchev–Trinajstić information content (AvgIpc) is 2.46. The Morgan fingerprint density at radius 3 is 2.75 bits per heavy atom. The van der Waals surface area contributed by atoms with Crippen LogP contribution < -0.4 is 10.6 Å². The minimum absolute atomic E-state index is 0.183. The topological polar surface area (TPSA) is 116 Å². The van der Waals surface area contributed by atoms with Crippen molar-refractivity contribution < 1.29 is 18.0 Å². The van der Waals surface area contributed by atoms with Crippen molar-refractivity contribution in [3.63, 3.8) is 0 Å². The lowest BCUT2D eigenvalue weighted by molar-refractivity contribution is -0.123. The first-order valence-corrected chi connectivity index (χ1v) is 5.73. The molecule has 3 N–H and O–H groups in total. The number of nitrogens with zero attached hydrogens (tertiary/aromatic N) is 2. The molecule has 0 aliphatic rings. The molecule has 0 radical (unpaired) electrons. The van der Waals surface area contributed by atoms with Gasteiger partial charge < -0.3 is 10.3 Å². The number of nitrogens with two attached hydrogens (primary N) is 1. The maximum Gasteiger partial charge on any atom is 0.281 e. The van der Waals surface area contributed by atoms with Crippen LogP contribution in [0.2, 0.25) is 0 Å². The lowest BCUT2D eigenvalue weighted by Gasteiger charge is -2.02. The van der Waals surface area contributed by atoms with E-state index in [0.29, 0.717) is 5.82 Å². The third-order valence-electron chi connectivity index (χ3n) is 1.74. The highest BCUT2D eigenvalue weighted by molar-refractivity contribution is 7.89. The zero-order chi connectivity index (χ0) is 12.3. The van der Waals surface area contributed by atoms with Crippen LogP contribution in [0.25, 0.3) is 0 Å². The van der Waals surface area contributed by atoms with Crippen LogP contribution in [0.15, 0.2) is 11.2 Å². The number of hydrogen-bond donors (Lipinski definition) is 2. The van der Waals surface area contributed by atoms with E-state index in [0.717, 1.165) is 0 Å². The number of imidazole rings is 1. The van der Waals surface area contributed by atoms with Crippen LogP contribution in [0.3, 0.4) is 0 Å². The first-order chi connectivity index (χ1) is 7.33. The number of hydrogen-bond acceptors (Lipinski definition) is 5. The van der Waals surface area contributed by atoms with Gasteiger partial charge in [-0.05, 0) is 6.92 Å². The summed E-state index contributed by atoms with van der Waals surface area (Å²) in [5.74, 6) is -0.241. The molecule has 0 atom stereocenters. The maximum absolute atomic E-state index is 11.5. The number of aromatic nitrogens is 2. The highest BCUT2D eigenvalue weighted by atomic mass is 32.2. The van der Waals surface area contributed by atoms with E-state index in [-0.39, 0.29) is 5.03 Å². The second kappa shape index (κ2) is 4.60. The van der Waals surface area contributed by atoms with Gasteiger partial charge in [0, 0.05) is 13.2 Å². The smallest absolute Gasteiger partial charge is 0.281 e. The molecule has 1 amide bonds. The van der Waals surface area contributed by atoms with Crippen molar-refractivity contribution in [1.29, 1.82) is 0 Å². The maximum atomic E-state index is 11.5. The fourth-order valence-electron chi connectivity index (χ4n) is 0.877. The Labute approximate surface area is 92.4 Å². The predicted molar refractivity (Wildman–Crippen MR) is 53.4 cm³/mol. The van der Waals surface area contributed by atoms with Crippen LogP contribution in [0.5, 0.6) is 0 Å². The first kappa shape index (κ1) is 12.6. The van der Waals surface area contributed by atoms with Gasteiger partial charge in [0.2, 0.25) is 5.91 Å². The minimum atomic E-state index is -3.87. The van der Waals surface area contributed by atoms with Gasteiger partial charge in [0.1, 0.15) is 12.4 Å². The summed E-state index contributed by atoms with van der Waals surface area (Å²) in [7, 11) is -2.21. The fraction of sp³-hybridized carbons (Fsp3) is 0.429. The van der Waals surface area contributed by atoms with Gasteiger partial charge in [-0.15, -0.1) is 0 Å². The van der Waals surface area contributed by atoms with Crippen LogP contribution in [-0.4, -0.2) is 30.5 Å². The van der Waals surface area contributed by atoms with E-state index >= 15 is 0 Å². The Morgan fingerprint density at radius 2 is 2.31 bits per heavy atom. The van der Waals surface area contributed by atoms with Gasteiger partial charge in [0.15, 0.2) is 5.03 Å². The fourth-order valence-corrected chi connectivity index (χ4v) is 1.73. The number of sulfonamides is 1. The summed E-state index contributed by atoms with van der Waals surface area (Å²) in [5.41, 5.74) is 4.77. The summed E-state index contributed by atoms with van der Waals surface area (Å²) in [4.78, 5) is 20.3. The Kier molecular flexibility index (Phi) is 3.62. The van der Waals surface area contributed by atoms with E-state index in [1.807, 2.05) is 0 Å². The first-order valence-electron chi connectivity index (χ1n) is 4.25. The van der Waals surface area contributed by atoms with Crippen molar-refractivity contribution in [2.24, 2.45) is 12.8 Å². The standard InChI is InChI=1S/C7H12N4O4S/c1-5-9-7(3-11(5)2)16(13,14)10-15-4-6(8)12/h3,10H,4H2,1-2H3,(H2,8,12). The van der Waals surface area contributed by atoms with Crippen LogP contribution in [0.1, 0.15) is 5.82 Å². The molecule has 9 heteroatoms. The van der Waals surface area contributed by atoms with Gasteiger partial charge >= 0.3 is 0 Å². The number of primary amides is 1. The third kappa shape index (κ3) is 3.02. The number of amides is 1. The van der Waals surface area contributed by atoms with E-state index < -0.39 is 22.5 Å². The Balaban J connectivity index is 2.74. The molecule has 0 aliphatic heterocycles. The van der Waals surface area contributed by atoms with E-state index in [4.69, 9.17) is 5.73 Å². The summed E-state index contributed by atoms with van der Waals surface area (Å²) in [6.45, 7) is 1.12. The largest absolute Gasteiger partial charge is 0.368 e. The van der Waals surface area contributed by atoms with E-state index in [1.54, 1.807) is 23.4 Å².